The smallest absolute Gasteiger partial charge is 0.166 e. The van der Waals surface area contributed by atoms with Gasteiger partial charge in [0, 0.05) is 12.1 Å². The van der Waals surface area contributed by atoms with Gasteiger partial charge < -0.3 is 10.6 Å². The van der Waals surface area contributed by atoms with Gasteiger partial charge in [-0.05, 0) is 44.8 Å². The van der Waals surface area contributed by atoms with Gasteiger partial charge in [-0.3, -0.25) is 0 Å². The molecule has 1 rings (SSSR count). The molecule has 0 heterocycles. The zero-order valence-corrected chi connectivity index (χ0v) is 9.16. The molecular weight excluding hydrogens is 180 g/mol. The molecule has 1 aliphatic rings. The summed E-state index contributed by atoms with van der Waals surface area (Å²) in [5.41, 5.74) is 0. The van der Waals surface area contributed by atoms with Gasteiger partial charge in [0.1, 0.15) is 0 Å². The normalized spacial score (nSPS) is 20.2. The minimum absolute atomic E-state index is 0.242. The van der Waals surface area contributed by atoms with Crippen molar-refractivity contribution in [2.75, 3.05) is 0 Å². The van der Waals surface area contributed by atoms with Gasteiger partial charge >= 0.3 is 0 Å². The lowest BCUT2D eigenvalue weighted by Crippen LogP contribution is -2.44. The fourth-order valence-corrected chi connectivity index (χ4v) is 1.60. The molecule has 1 saturated carbocycles. The second kappa shape index (κ2) is 4.61. The predicted molar refractivity (Wildman–Crippen MR) is 60.7 cm³/mol. The Labute approximate surface area is 85.8 Å². The highest BCUT2D eigenvalue weighted by Crippen LogP contribution is 2.32. The molecule has 13 heavy (non-hydrogen) atoms. The van der Waals surface area contributed by atoms with Crippen LogP contribution in [0.15, 0.2) is 12.7 Å². The molecule has 0 aromatic heterocycles. The zero-order valence-electron chi connectivity index (χ0n) is 8.34. The molecule has 2 N–H and O–H groups in total. The Morgan fingerprint density at radius 1 is 1.46 bits per heavy atom. The van der Waals surface area contributed by atoms with E-state index in [1.165, 1.54) is 12.8 Å². The Morgan fingerprint density at radius 3 is 2.54 bits per heavy atom. The van der Waals surface area contributed by atoms with Crippen LogP contribution < -0.4 is 10.6 Å². The SMILES string of the molecule is C=CC(C)NC(=S)NC(C)C1CC1. The second-order valence-corrected chi connectivity index (χ2v) is 4.18. The van der Waals surface area contributed by atoms with Gasteiger partial charge in [0.15, 0.2) is 5.11 Å². The lowest BCUT2D eigenvalue weighted by atomic mass is 10.2. The molecule has 2 unspecified atom stereocenters. The number of hydrogen-bond donors (Lipinski definition) is 2. The van der Waals surface area contributed by atoms with E-state index in [0.29, 0.717) is 6.04 Å². The molecule has 0 aromatic carbocycles. The highest BCUT2D eigenvalue weighted by atomic mass is 32.1. The third kappa shape index (κ3) is 3.77. The van der Waals surface area contributed by atoms with Crippen LogP contribution in [-0.2, 0) is 0 Å². The third-order valence-electron chi connectivity index (χ3n) is 2.40. The van der Waals surface area contributed by atoms with Crippen LogP contribution in [0.25, 0.3) is 0 Å². The van der Waals surface area contributed by atoms with Crippen molar-refractivity contribution in [1.82, 2.24) is 10.6 Å². The molecule has 1 fully saturated rings. The highest BCUT2D eigenvalue weighted by Gasteiger charge is 2.28. The maximum absolute atomic E-state index is 5.15. The number of nitrogens with one attached hydrogen (secondary N) is 2. The second-order valence-electron chi connectivity index (χ2n) is 3.77. The molecule has 0 aromatic rings. The quantitative estimate of drug-likeness (QED) is 0.532. The molecule has 0 radical (unpaired) electrons. The molecule has 0 spiro atoms. The summed E-state index contributed by atoms with van der Waals surface area (Å²) < 4.78 is 0. The van der Waals surface area contributed by atoms with E-state index in [1.54, 1.807) is 0 Å². The lowest BCUT2D eigenvalue weighted by Gasteiger charge is -2.18. The van der Waals surface area contributed by atoms with Crippen molar-refractivity contribution in [2.45, 2.75) is 38.8 Å². The summed E-state index contributed by atoms with van der Waals surface area (Å²) in [5, 5.41) is 7.17. The molecular formula is C10H18N2S. The first-order valence-corrected chi connectivity index (χ1v) is 5.24. The third-order valence-corrected chi connectivity index (χ3v) is 2.64. The molecule has 2 nitrogen and oxygen atoms in total. The van der Waals surface area contributed by atoms with Crippen molar-refractivity contribution < 1.29 is 0 Å². The number of hydrogen-bond acceptors (Lipinski definition) is 1. The van der Waals surface area contributed by atoms with E-state index in [9.17, 15) is 0 Å². The van der Waals surface area contributed by atoms with Crippen LogP contribution in [-0.4, -0.2) is 17.2 Å². The molecule has 1 aliphatic carbocycles. The summed E-state index contributed by atoms with van der Waals surface area (Å²) in [6.07, 6.45) is 4.53. The molecule has 0 amide bonds. The van der Waals surface area contributed by atoms with Gasteiger partial charge in [-0.25, -0.2) is 0 Å². The minimum Gasteiger partial charge on any atom is -0.360 e. The molecule has 0 bridgehead atoms. The first-order chi connectivity index (χ1) is 6.13. The van der Waals surface area contributed by atoms with Crippen molar-refractivity contribution in [2.24, 2.45) is 5.92 Å². The number of thiocarbonyl (C=S) groups is 1. The van der Waals surface area contributed by atoms with Crippen LogP contribution in [0.1, 0.15) is 26.7 Å². The molecule has 3 heteroatoms. The van der Waals surface area contributed by atoms with Gasteiger partial charge in [0.05, 0.1) is 0 Å². The Balaban J connectivity index is 2.19. The molecule has 2 atom stereocenters. The summed E-state index contributed by atoms with van der Waals surface area (Å²) in [5.74, 6) is 0.832. The summed E-state index contributed by atoms with van der Waals surface area (Å²) in [6.45, 7) is 7.91. The molecule has 74 valence electrons. The topological polar surface area (TPSA) is 24.1 Å². The maximum Gasteiger partial charge on any atom is 0.166 e. The van der Waals surface area contributed by atoms with E-state index in [-0.39, 0.29) is 6.04 Å². The Kier molecular flexibility index (Phi) is 3.72. The van der Waals surface area contributed by atoms with Gasteiger partial charge in [0.2, 0.25) is 0 Å². The van der Waals surface area contributed by atoms with Gasteiger partial charge in [0.25, 0.3) is 0 Å². The van der Waals surface area contributed by atoms with Crippen molar-refractivity contribution in [3.05, 3.63) is 12.7 Å². The summed E-state index contributed by atoms with van der Waals surface area (Å²) >= 11 is 5.15. The van der Waals surface area contributed by atoms with Crippen LogP contribution in [0.4, 0.5) is 0 Å². The number of rotatable bonds is 4. The van der Waals surface area contributed by atoms with Crippen LogP contribution in [0.3, 0.4) is 0 Å². The van der Waals surface area contributed by atoms with Crippen LogP contribution >= 0.6 is 12.2 Å². The van der Waals surface area contributed by atoms with Crippen molar-refractivity contribution in [1.29, 1.82) is 0 Å². The predicted octanol–water partition coefficient (Wildman–Crippen LogP) is 1.82. The largest absolute Gasteiger partial charge is 0.360 e. The fourth-order valence-electron chi connectivity index (χ4n) is 1.23. The average molecular weight is 198 g/mol. The van der Waals surface area contributed by atoms with E-state index in [0.717, 1.165) is 11.0 Å². The van der Waals surface area contributed by atoms with E-state index >= 15 is 0 Å². The zero-order chi connectivity index (χ0) is 9.84. The van der Waals surface area contributed by atoms with Crippen molar-refractivity contribution in [3.63, 3.8) is 0 Å². The van der Waals surface area contributed by atoms with E-state index in [2.05, 4.69) is 24.1 Å². The van der Waals surface area contributed by atoms with Crippen molar-refractivity contribution >= 4 is 17.3 Å². The Bertz CT molecular complexity index is 199. The molecule has 0 aliphatic heterocycles. The monoisotopic (exact) mass is 198 g/mol. The van der Waals surface area contributed by atoms with E-state index in [1.807, 2.05) is 13.0 Å². The first-order valence-electron chi connectivity index (χ1n) is 4.83. The van der Waals surface area contributed by atoms with Crippen LogP contribution in [0.2, 0.25) is 0 Å². The Morgan fingerprint density at radius 2 is 2.08 bits per heavy atom. The minimum atomic E-state index is 0.242. The average Bonchev–Trinajstić information content (AvgIpc) is 2.85. The molecule has 0 saturated heterocycles. The van der Waals surface area contributed by atoms with E-state index in [4.69, 9.17) is 12.2 Å². The van der Waals surface area contributed by atoms with Crippen LogP contribution in [0.5, 0.6) is 0 Å². The highest BCUT2D eigenvalue weighted by molar-refractivity contribution is 7.80. The maximum atomic E-state index is 5.15. The summed E-state index contributed by atoms with van der Waals surface area (Å²) in [7, 11) is 0. The summed E-state index contributed by atoms with van der Waals surface area (Å²) in [4.78, 5) is 0. The lowest BCUT2D eigenvalue weighted by molar-refractivity contribution is 0.577. The van der Waals surface area contributed by atoms with E-state index < -0.39 is 0 Å². The van der Waals surface area contributed by atoms with Crippen molar-refractivity contribution in [3.8, 4) is 0 Å². The first kappa shape index (κ1) is 10.5. The van der Waals surface area contributed by atoms with Gasteiger partial charge in [-0.2, -0.15) is 0 Å². The van der Waals surface area contributed by atoms with Gasteiger partial charge in [-0.1, -0.05) is 6.08 Å². The fraction of sp³-hybridized carbons (Fsp3) is 0.700. The van der Waals surface area contributed by atoms with Gasteiger partial charge in [-0.15, -0.1) is 6.58 Å². The van der Waals surface area contributed by atoms with Crippen LogP contribution in [0, 0.1) is 5.92 Å². The standard InChI is InChI=1S/C10H18N2S/c1-4-7(2)11-10(13)12-8(3)9-5-6-9/h4,7-9H,1,5-6H2,2-3H3,(H2,11,12,13). The summed E-state index contributed by atoms with van der Waals surface area (Å²) in [6, 6.07) is 0.753. The Hall–Kier alpha value is -0.570.